The number of hydrogen-bond donors (Lipinski definition) is 0. The van der Waals surface area contributed by atoms with Gasteiger partial charge in [0.25, 0.3) is 5.90 Å². The third-order valence-electron chi connectivity index (χ3n) is 5.38. The van der Waals surface area contributed by atoms with Crippen LogP contribution in [0.1, 0.15) is 22.3 Å². The van der Waals surface area contributed by atoms with Crippen molar-refractivity contribution in [2.45, 2.75) is 12.6 Å². The minimum absolute atomic E-state index is 0.601. The number of nitrogens with zero attached hydrogens (tertiary/aromatic N) is 2. The van der Waals surface area contributed by atoms with E-state index >= 15 is 0 Å². The number of aryl methyl sites for hydroxylation is 1. The Morgan fingerprint density at radius 2 is 1.13 bits per heavy atom. The third-order valence-corrected chi connectivity index (χ3v) is 5.38. The predicted molar refractivity (Wildman–Crippen MR) is 121 cm³/mol. The summed E-state index contributed by atoms with van der Waals surface area (Å²) in [6.07, 6.45) is 0. The van der Waals surface area contributed by atoms with Crippen molar-refractivity contribution in [2.24, 2.45) is 4.99 Å². The van der Waals surface area contributed by atoms with E-state index in [0.717, 1.165) is 22.4 Å². The van der Waals surface area contributed by atoms with Crippen LogP contribution in [0.4, 0.5) is 5.69 Å². The average Bonchev–Trinajstić information content (AvgIpc) is 3.23. The molecule has 4 aromatic rings. The molecule has 146 valence electrons. The lowest BCUT2D eigenvalue weighted by Crippen LogP contribution is -2.42. The normalized spacial score (nSPS) is 14.8. The molecule has 1 aliphatic rings. The Hall–Kier alpha value is -3.85. The summed E-state index contributed by atoms with van der Waals surface area (Å²) in [7, 11) is 0. The zero-order valence-corrected chi connectivity index (χ0v) is 16.8. The molecule has 0 aromatic heterocycles. The van der Waals surface area contributed by atoms with Gasteiger partial charge in [0.15, 0.2) is 0 Å². The van der Waals surface area contributed by atoms with Crippen LogP contribution in [0.15, 0.2) is 120 Å². The Labute approximate surface area is 176 Å². The molecule has 1 aliphatic heterocycles. The molecule has 30 heavy (non-hydrogen) atoms. The van der Waals surface area contributed by atoms with Gasteiger partial charge < -0.3 is 4.84 Å². The maximum absolute atomic E-state index is 6.48. The van der Waals surface area contributed by atoms with Crippen molar-refractivity contribution in [1.29, 1.82) is 0 Å². The molecular weight excluding hydrogens is 368 g/mol. The van der Waals surface area contributed by atoms with Crippen molar-refractivity contribution < 1.29 is 4.84 Å². The first-order valence-corrected chi connectivity index (χ1v) is 10.1. The van der Waals surface area contributed by atoms with E-state index in [1.54, 1.807) is 0 Å². The van der Waals surface area contributed by atoms with E-state index < -0.39 is 5.66 Å². The van der Waals surface area contributed by atoms with Gasteiger partial charge in [0.05, 0.1) is 5.69 Å². The van der Waals surface area contributed by atoms with E-state index in [1.165, 1.54) is 5.56 Å². The van der Waals surface area contributed by atoms with Crippen LogP contribution in [0.25, 0.3) is 0 Å². The minimum atomic E-state index is -0.830. The van der Waals surface area contributed by atoms with Crippen LogP contribution in [-0.4, -0.2) is 5.90 Å². The SMILES string of the molecule is Cc1ccc(N2OC(c3ccccc3)=NC2(c2ccccc2)c2ccccc2)cc1. The lowest BCUT2D eigenvalue weighted by molar-refractivity contribution is 0.231. The molecule has 3 nitrogen and oxygen atoms in total. The van der Waals surface area contributed by atoms with E-state index in [1.807, 2.05) is 71.8 Å². The highest BCUT2D eigenvalue weighted by Crippen LogP contribution is 2.45. The highest BCUT2D eigenvalue weighted by molar-refractivity contribution is 5.97. The molecule has 0 N–H and O–H groups in total. The van der Waals surface area contributed by atoms with Crippen LogP contribution in [0.5, 0.6) is 0 Å². The van der Waals surface area contributed by atoms with Crippen LogP contribution in [0, 0.1) is 6.92 Å². The number of benzene rings is 4. The van der Waals surface area contributed by atoms with Gasteiger partial charge in [0.1, 0.15) is 0 Å². The van der Waals surface area contributed by atoms with Crippen LogP contribution in [0.2, 0.25) is 0 Å². The molecule has 0 saturated heterocycles. The first-order chi connectivity index (χ1) is 14.8. The van der Waals surface area contributed by atoms with E-state index in [0.29, 0.717) is 5.90 Å². The van der Waals surface area contributed by atoms with Crippen molar-refractivity contribution in [3.05, 3.63) is 138 Å². The standard InChI is InChI=1S/C27H22N2O/c1-21-17-19-25(20-18-21)29-27(23-13-7-3-8-14-23,24-15-9-4-10-16-24)28-26(30-29)22-11-5-2-6-12-22/h2-20H,1H3. The van der Waals surface area contributed by atoms with E-state index in [2.05, 4.69) is 55.5 Å². The zero-order chi connectivity index (χ0) is 20.4. The molecule has 0 saturated carbocycles. The second-order valence-corrected chi connectivity index (χ2v) is 7.41. The zero-order valence-electron chi connectivity index (χ0n) is 16.8. The number of hydroxylamine groups is 1. The second kappa shape index (κ2) is 7.53. The molecule has 0 unspecified atom stereocenters. The van der Waals surface area contributed by atoms with Crippen molar-refractivity contribution >= 4 is 11.6 Å². The highest BCUT2D eigenvalue weighted by atomic mass is 16.7. The Balaban J connectivity index is 1.78. The Morgan fingerprint density at radius 1 is 0.633 bits per heavy atom. The molecular formula is C27H22N2O. The number of rotatable bonds is 4. The maximum atomic E-state index is 6.48. The van der Waals surface area contributed by atoms with Gasteiger partial charge in [-0.1, -0.05) is 96.6 Å². The molecule has 0 aliphatic carbocycles. The van der Waals surface area contributed by atoms with Crippen molar-refractivity contribution in [1.82, 2.24) is 0 Å². The number of aliphatic imine (C=N–C) groups is 1. The molecule has 5 rings (SSSR count). The summed E-state index contributed by atoms with van der Waals surface area (Å²) in [4.78, 5) is 11.7. The summed E-state index contributed by atoms with van der Waals surface area (Å²) >= 11 is 0. The predicted octanol–water partition coefficient (Wildman–Crippen LogP) is 6.09. The molecule has 0 fully saturated rings. The van der Waals surface area contributed by atoms with E-state index in [9.17, 15) is 0 Å². The minimum Gasteiger partial charge on any atom is -0.356 e. The van der Waals surface area contributed by atoms with Gasteiger partial charge in [0, 0.05) is 16.7 Å². The Kier molecular flexibility index (Phi) is 4.56. The van der Waals surface area contributed by atoms with E-state index in [-0.39, 0.29) is 0 Å². The van der Waals surface area contributed by atoms with Crippen molar-refractivity contribution in [3.63, 3.8) is 0 Å². The molecule has 4 aromatic carbocycles. The molecule has 0 spiro atoms. The summed E-state index contributed by atoms with van der Waals surface area (Å²) in [5.41, 5.74) is 4.35. The van der Waals surface area contributed by atoms with Crippen LogP contribution >= 0.6 is 0 Å². The molecule has 0 radical (unpaired) electrons. The smallest absolute Gasteiger partial charge is 0.251 e. The van der Waals surface area contributed by atoms with Gasteiger partial charge in [0.2, 0.25) is 5.66 Å². The summed E-state index contributed by atoms with van der Waals surface area (Å²) in [6.45, 7) is 2.09. The Morgan fingerprint density at radius 3 is 1.67 bits per heavy atom. The summed E-state index contributed by atoms with van der Waals surface area (Å²) in [6, 6.07) is 39.1. The fourth-order valence-corrected chi connectivity index (χ4v) is 3.85. The fraction of sp³-hybridized carbons (Fsp3) is 0.0741. The van der Waals surface area contributed by atoms with Gasteiger partial charge in [-0.15, -0.1) is 0 Å². The van der Waals surface area contributed by atoms with Crippen molar-refractivity contribution in [3.8, 4) is 0 Å². The molecule has 0 amide bonds. The number of hydrogen-bond acceptors (Lipinski definition) is 3. The van der Waals surface area contributed by atoms with Crippen LogP contribution in [-0.2, 0) is 10.5 Å². The molecule has 1 heterocycles. The lowest BCUT2D eigenvalue weighted by Gasteiger charge is -2.36. The third kappa shape index (κ3) is 3.05. The first kappa shape index (κ1) is 18.2. The van der Waals surface area contributed by atoms with Crippen molar-refractivity contribution in [2.75, 3.05) is 5.06 Å². The van der Waals surface area contributed by atoms with Crippen LogP contribution < -0.4 is 5.06 Å². The number of anilines is 1. The molecule has 0 atom stereocenters. The van der Waals surface area contributed by atoms with Gasteiger partial charge in [-0.3, -0.25) is 0 Å². The van der Waals surface area contributed by atoms with Gasteiger partial charge in [-0.2, -0.15) is 5.06 Å². The monoisotopic (exact) mass is 390 g/mol. The average molecular weight is 390 g/mol. The largest absolute Gasteiger partial charge is 0.356 e. The lowest BCUT2D eigenvalue weighted by atomic mass is 9.90. The fourth-order valence-electron chi connectivity index (χ4n) is 3.85. The summed E-state index contributed by atoms with van der Waals surface area (Å²) < 4.78 is 0. The molecule has 3 heteroatoms. The summed E-state index contributed by atoms with van der Waals surface area (Å²) in [5.74, 6) is 0.601. The summed E-state index contributed by atoms with van der Waals surface area (Å²) in [5, 5.41) is 1.93. The quantitative estimate of drug-likeness (QED) is 0.421. The van der Waals surface area contributed by atoms with Gasteiger partial charge in [-0.05, 0) is 31.2 Å². The van der Waals surface area contributed by atoms with Gasteiger partial charge >= 0.3 is 0 Å². The molecule has 0 bridgehead atoms. The first-order valence-electron chi connectivity index (χ1n) is 10.1. The highest BCUT2D eigenvalue weighted by Gasteiger charge is 2.48. The maximum Gasteiger partial charge on any atom is 0.251 e. The Bertz CT molecular complexity index is 1110. The van der Waals surface area contributed by atoms with Crippen LogP contribution in [0.3, 0.4) is 0 Å². The van der Waals surface area contributed by atoms with Gasteiger partial charge in [-0.25, -0.2) is 4.99 Å². The second-order valence-electron chi connectivity index (χ2n) is 7.41. The topological polar surface area (TPSA) is 24.8 Å². The van der Waals surface area contributed by atoms with E-state index in [4.69, 9.17) is 9.83 Å².